The Morgan fingerprint density at radius 1 is 1.27 bits per heavy atom. The van der Waals surface area contributed by atoms with E-state index in [9.17, 15) is 0 Å². The minimum absolute atomic E-state index is 0.407. The molecule has 15 heavy (non-hydrogen) atoms. The Morgan fingerprint density at radius 3 is 2.33 bits per heavy atom. The van der Waals surface area contributed by atoms with Crippen LogP contribution in [-0.2, 0) is 6.54 Å². The van der Waals surface area contributed by atoms with Crippen LogP contribution in [0.15, 0.2) is 18.7 Å². The summed E-state index contributed by atoms with van der Waals surface area (Å²) in [5.41, 5.74) is 0.407. The van der Waals surface area contributed by atoms with Crippen molar-refractivity contribution in [3.8, 4) is 0 Å². The molecule has 0 saturated carbocycles. The van der Waals surface area contributed by atoms with Crippen LogP contribution >= 0.6 is 15.9 Å². The lowest BCUT2D eigenvalue weighted by Gasteiger charge is -2.32. The van der Waals surface area contributed by atoms with E-state index in [1.165, 1.54) is 25.7 Å². The fourth-order valence-corrected chi connectivity index (χ4v) is 3.03. The van der Waals surface area contributed by atoms with Crippen molar-refractivity contribution in [1.29, 1.82) is 0 Å². The topological polar surface area (TPSA) is 17.8 Å². The Balaban J connectivity index is 2.69. The molecule has 0 fully saturated rings. The number of nitrogens with zero attached hydrogens (tertiary/aromatic N) is 2. The molecule has 2 nitrogen and oxygen atoms in total. The predicted octanol–water partition coefficient (Wildman–Crippen LogP) is 3.86. The lowest BCUT2D eigenvalue weighted by Crippen LogP contribution is -2.28. The summed E-state index contributed by atoms with van der Waals surface area (Å²) in [4.78, 5) is 4.11. The van der Waals surface area contributed by atoms with Crippen molar-refractivity contribution in [2.45, 2.75) is 46.1 Å². The molecule has 1 aromatic heterocycles. The maximum atomic E-state index is 4.11. The van der Waals surface area contributed by atoms with Gasteiger partial charge in [-0.2, -0.15) is 0 Å². The summed E-state index contributed by atoms with van der Waals surface area (Å²) in [6.07, 6.45) is 10.9. The standard InChI is InChI=1S/C12H21BrN2/c1-3-5-12(9-13,6-4-2)10-15-8-7-14-11-15/h7-8,11H,3-6,9-10H2,1-2H3. The van der Waals surface area contributed by atoms with Crippen molar-refractivity contribution in [3.63, 3.8) is 0 Å². The van der Waals surface area contributed by atoms with Gasteiger partial charge in [0.05, 0.1) is 6.33 Å². The van der Waals surface area contributed by atoms with E-state index in [-0.39, 0.29) is 0 Å². The zero-order valence-electron chi connectivity index (χ0n) is 9.75. The van der Waals surface area contributed by atoms with Gasteiger partial charge in [0.25, 0.3) is 0 Å². The van der Waals surface area contributed by atoms with Gasteiger partial charge in [0.1, 0.15) is 0 Å². The van der Waals surface area contributed by atoms with Crippen LogP contribution < -0.4 is 0 Å². The average Bonchev–Trinajstić information content (AvgIpc) is 2.71. The molecule has 0 saturated heterocycles. The van der Waals surface area contributed by atoms with E-state index in [1.54, 1.807) is 0 Å². The smallest absolute Gasteiger partial charge is 0.0946 e. The number of hydrogen-bond acceptors (Lipinski definition) is 1. The molecular formula is C12H21BrN2. The van der Waals surface area contributed by atoms with Crippen LogP contribution in [0.5, 0.6) is 0 Å². The Labute approximate surface area is 101 Å². The Kier molecular flexibility index (Phi) is 5.37. The maximum absolute atomic E-state index is 4.11. The van der Waals surface area contributed by atoms with Crippen LogP contribution in [0.25, 0.3) is 0 Å². The van der Waals surface area contributed by atoms with Gasteiger partial charge in [0.2, 0.25) is 0 Å². The van der Waals surface area contributed by atoms with E-state index in [4.69, 9.17) is 0 Å². The molecule has 1 rings (SSSR count). The van der Waals surface area contributed by atoms with Crippen LogP contribution in [0, 0.1) is 5.41 Å². The third-order valence-electron chi connectivity index (χ3n) is 2.92. The van der Waals surface area contributed by atoms with Gasteiger partial charge >= 0.3 is 0 Å². The number of alkyl halides is 1. The van der Waals surface area contributed by atoms with Crippen molar-refractivity contribution in [2.24, 2.45) is 5.41 Å². The fraction of sp³-hybridized carbons (Fsp3) is 0.750. The summed E-state index contributed by atoms with van der Waals surface area (Å²) in [5, 5.41) is 1.08. The highest BCUT2D eigenvalue weighted by Crippen LogP contribution is 2.33. The third kappa shape index (κ3) is 3.63. The summed E-state index contributed by atoms with van der Waals surface area (Å²) >= 11 is 3.69. The second kappa shape index (κ2) is 6.31. The number of hydrogen-bond donors (Lipinski definition) is 0. The Morgan fingerprint density at radius 2 is 1.93 bits per heavy atom. The molecule has 0 aliphatic carbocycles. The molecule has 0 amide bonds. The molecule has 0 spiro atoms. The van der Waals surface area contributed by atoms with Gasteiger partial charge in [0, 0.05) is 24.3 Å². The summed E-state index contributed by atoms with van der Waals surface area (Å²) in [7, 11) is 0. The zero-order chi connectivity index (χ0) is 11.1. The van der Waals surface area contributed by atoms with Crippen molar-refractivity contribution < 1.29 is 0 Å². The van der Waals surface area contributed by atoms with Gasteiger partial charge in [-0.25, -0.2) is 4.98 Å². The molecule has 86 valence electrons. The van der Waals surface area contributed by atoms with Gasteiger partial charge in [-0.05, 0) is 18.3 Å². The molecule has 0 radical (unpaired) electrons. The van der Waals surface area contributed by atoms with E-state index in [0.717, 1.165) is 11.9 Å². The van der Waals surface area contributed by atoms with E-state index < -0.39 is 0 Å². The van der Waals surface area contributed by atoms with E-state index >= 15 is 0 Å². The van der Waals surface area contributed by atoms with Crippen LogP contribution in [0.3, 0.4) is 0 Å². The molecular weight excluding hydrogens is 252 g/mol. The molecule has 0 N–H and O–H groups in total. The summed E-state index contributed by atoms with van der Waals surface area (Å²) in [6.45, 7) is 5.61. The minimum atomic E-state index is 0.407. The monoisotopic (exact) mass is 272 g/mol. The Hall–Kier alpha value is -0.310. The first kappa shape index (κ1) is 12.8. The number of halogens is 1. The highest BCUT2D eigenvalue weighted by Gasteiger charge is 2.27. The van der Waals surface area contributed by atoms with Gasteiger partial charge in [-0.3, -0.25) is 0 Å². The lowest BCUT2D eigenvalue weighted by molar-refractivity contribution is 0.233. The SMILES string of the molecule is CCCC(CBr)(CCC)Cn1ccnc1. The second-order valence-corrected chi connectivity index (χ2v) is 4.93. The molecule has 0 aliphatic heterocycles. The molecule has 0 unspecified atom stereocenters. The van der Waals surface area contributed by atoms with Crippen LogP contribution in [-0.4, -0.2) is 14.9 Å². The normalized spacial score (nSPS) is 11.9. The second-order valence-electron chi connectivity index (χ2n) is 4.37. The summed E-state index contributed by atoms with van der Waals surface area (Å²) in [6, 6.07) is 0. The van der Waals surface area contributed by atoms with Gasteiger partial charge < -0.3 is 4.57 Å². The number of aromatic nitrogens is 2. The van der Waals surface area contributed by atoms with Gasteiger partial charge in [0.15, 0.2) is 0 Å². The van der Waals surface area contributed by atoms with Gasteiger partial charge in [-0.1, -0.05) is 42.6 Å². The highest BCUT2D eigenvalue weighted by molar-refractivity contribution is 9.09. The van der Waals surface area contributed by atoms with Crippen LogP contribution in [0.4, 0.5) is 0 Å². The van der Waals surface area contributed by atoms with Crippen molar-refractivity contribution in [3.05, 3.63) is 18.7 Å². The molecule has 1 aromatic rings. The maximum Gasteiger partial charge on any atom is 0.0946 e. The first-order valence-corrected chi connectivity index (χ1v) is 6.90. The van der Waals surface area contributed by atoms with Crippen molar-refractivity contribution in [2.75, 3.05) is 5.33 Å². The number of rotatable bonds is 7. The fourth-order valence-electron chi connectivity index (χ4n) is 2.29. The first-order valence-electron chi connectivity index (χ1n) is 5.78. The molecule has 0 aromatic carbocycles. The van der Waals surface area contributed by atoms with E-state index in [0.29, 0.717) is 5.41 Å². The Bertz CT molecular complexity index is 251. The molecule has 0 atom stereocenters. The molecule has 3 heteroatoms. The first-order chi connectivity index (χ1) is 7.26. The van der Waals surface area contributed by atoms with Crippen molar-refractivity contribution in [1.82, 2.24) is 9.55 Å². The third-order valence-corrected chi connectivity index (χ3v) is 4.11. The molecule has 0 bridgehead atoms. The van der Waals surface area contributed by atoms with Gasteiger partial charge in [-0.15, -0.1) is 0 Å². The van der Waals surface area contributed by atoms with Crippen molar-refractivity contribution >= 4 is 15.9 Å². The average molecular weight is 273 g/mol. The quantitative estimate of drug-likeness (QED) is 0.690. The zero-order valence-corrected chi connectivity index (χ0v) is 11.3. The number of imidazole rings is 1. The van der Waals surface area contributed by atoms with Crippen LogP contribution in [0.1, 0.15) is 39.5 Å². The largest absolute Gasteiger partial charge is 0.337 e. The molecule has 1 heterocycles. The summed E-state index contributed by atoms with van der Waals surface area (Å²) < 4.78 is 2.20. The molecule has 0 aliphatic rings. The highest BCUT2D eigenvalue weighted by atomic mass is 79.9. The van der Waals surface area contributed by atoms with E-state index in [1.807, 2.05) is 12.5 Å². The van der Waals surface area contributed by atoms with E-state index in [2.05, 4.69) is 45.5 Å². The minimum Gasteiger partial charge on any atom is -0.337 e. The lowest BCUT2D eigenvalue weighted by atomic mass is 9.81. The summed E-state index contributed by atoms with van der Waals surface area (Å²) in [5.74, 6) is 0. The van der Waals surface area contributed by atoms with Crippen LogP contribution in [0.2, 0.25) is 0 Å². The predicted molar refractivity (Wildman–Crippen MR) is 68.3 cm³/mol.